The van der Waals surface area contributed by atoms with Gasteiger partial charge in [-0.2, -0.15) is 5.10 Å². The second kappa shape index (κ2) is 11.2. The SMILES string of the molecule is CC(C)(C)C(=O)N1CCC(CCN2CCC(c3cc(-c4ccc(Cl)cc4)[nH]n3)CC2)(c2ccccc2)OC1. The Balaban J connectivity index is 1.19. The van der Waals surface area contributed by atoms with Gasteiger partial charge in [0.15, 0.2) is 0 Å². The van der Waals surface area contributed by atoms with Gasteiger partial charge in [0.25, 0.3) is 0 Å². The normalized spacial score (nSPS) is 21.5. The lowest BCUT2D eigenvalue weighted by Crippen LogP contribution is -2.51. The molecule has 3 aromatic rings. The summed E-state index contributed by atoms with van der Waals surface area (Å²) in [7, 11) is 0. The molecule has 5 rings (SSSR count). The van der Waals surface area contributed by atoms with Crippen LogP contribution in [0.2, 0.25) is 5.02 Å². The average molecular weight is 535 g/mol. The zero-order valence-electron chi connectivity index (χ0n) is 22.8. The molecule has 1 amide bonds. The maximum Gasteiger partial charge on any atom is 0.229 e. The predicted molar refractivity (Wildman–Crippen MR) is 152 cm³/mol. The summed E-state index contributed by atoms with van der Waals surface area (Å²) in [4.78, 5) is 17.3. The average Bonchev–Trinajstić information content (AvgIpc) is 3.43. The first-order chi connectivity index (χ1) is 18.2. The van der Waals surface area contributed by atoms with Crippen LogP contribution in [0.5, 0.6) is 0 Å². The van der Waals surface area contributed by atoms with Crippen molar-refractivity contribution in [1.82, 2.24) is 20.0 Å². The van der Waals surface area contributed by atoms with Crippen molar-refractivity contribution in [1.29, 1.82) is 0 Å². The molecule has 2 aliphatic rings. The van der Waals surface area contributed by atoms with E-state index in [-0.39, 0.29) is 11.5 Å². The molecule has 1 aromatic heterocycles. The number of carbonyl (C=O) groups is 1. The third kappa shape index (κ3) is 5.98. The summed E-state index contributed by atoms with van der Waals surface area (Å²) in [6.45, 7) is 10.1. The lowest BCUT2D eigenvalue weighted by Gasteiger charge is -2.44. The summed E-state index contributed by atoms with van der Waals surface area (Å²) in [5.41, 5.74) is 3.75. The molecule has 0 aliphatic carbocycles. The minimum atomic E-state index is -0.398. The van der Waals surface area contributed by atoms with E-state index in [1.54, 1.807) is 0 Å². The first-order valence-electron chi connectivity index (χ1n) is 13.8. The van der Waals surface area contributed by atoms with Crippen LogP contribution in [0.3, 0.4) is 0 Å². The number of aromatic nitrogens is 2. The highest BCUT2D eigenvalue weighted by molar-refractivity contribution is 6.30. The fourth-order valence-corrected chi connectivity index (χ4v) is 5.84. The molecule has 7 heteroatoms. The van der Waals surface area contributed by atoms with Crippen LogP contribution in [0, 0.1) is 5.41 Å². The van der Waals surface area contributed by atoms with Crippen molar-refractivity contribution in [3.8, 4) is 11.3 Å². The Bertz CT molecular complexity index is 1200. The number of carbonyl (C=O) groups excluding carboxylic acids is 1. The Kier molecular flexibility index (Phi) is 7.94. The molecule has 1 N–H and O–H groups in total. The molecule has 1 atom stereocenters. The van der Waals surface area contributed by atoms with Gasteiger partial charge < -0.3 is 14.5 Å². The molecule has 2 saturated heterocycles. The van der Waals surface area contributed by atoms with Crippen molar-refractivity contribution in [2.75, 3.05) is 32.9 Å². The second-order valence-electron chi connectivity index (χ2n) is 11.8. The van der Waals surface area contributed by atoms with E-state index in [9.17, 15) is 4.79 Å². The van der Waals surface area contributed by atoms with Gasteiger partial charge in [-0.3, -0.25) is 9.89 Å². The maximum atomic E-state index is 12.8. The third-order valence-electron chi connectivity index (χ3n) is 8.10. The van der Waals surface area contributed by atoms with Crippen LogP contribution < -0.4 is 0 Å². The first-order valence-corrected chi connectivity index (χ1v) is 14.1. The number of benzene rings is 2. The Labute approximate surface area is 231 Å². The van der Waals surface area contributed by atoms with Gasteiger partial charge in [0.2, 0.25) is 5.91 Å². The molecule has 202 valence electrons. The number of ether oxygens (including phenoxy) is 1. The number of amides is 1. The predicted octanol–water partition coefficient (Wildman–Crippen LogP) is 6.45. The van der Waals surface area contributed by atoms with Crippen LogP contribution in [-0.4, -0.2) is 58.8 Å². The quantitative estimate of drug-likeness (QED) is 0.395. The zero-order chi connectivity index (χ0) is 26.8. The van der Waals surface area contributed by atoms with Gasteiger partial charge >= 0.3 is 0 Å². The van der Waals surface area contributed by atoms with Gasteiger partial charge in [-0.25, -0.2) is 0 Å². The third-order valence-corrected chi connectivity index (χ3v) is 8.35. The number of piperidine rings is 1. The van der Waals surface area contributed by atoms with Crippen molar-refractivity contribution in [3.05, 3.63) is 76.9 Å². The Morgan fingerprint density at radius 2 is 1.79 bits per heavy atom. The van der Waals surface area contributed by atoms with Crippen molar-refractivity contribution in [3.63, 3.8) is 0 Å². The zero-order valence-corrected chi connectivity index (χ0v) is 23.5. The fraction of sp³-hybridized carbons (Fsp3) is 0.484. The smallest absolute Gasteiger partial charge is 0.229 e. The van der Waals surface area contributed by atoms with E-state index in [2.05, 4.69) is 45.4 Å². The molecule has 0 spiro atoms. The standard InChI is InChI=1S/C31H39ClN4O2/c1-30(2,3)29(37)36-20-16-31(38-22-36,25-7-5-4-6-8-25)15-19-35-17-13-24(14-18-35)28-21-27(33-34-28)23-9-11-26(32)12-10-23/h4-12,21,24H,13-20,22H2,1-3H3,(H,33,34). The van der Waals surface area contributed by atoms with Crippen LogP contribution in [0.1, 0.15) is 63.6 Å². The number of rotatable bonds is 6. The van der Waals surface area contributed by atoms with E-state index in [0.717, 1.165) is 73.8 Å². The number of aromatic amines is 1. The van der Waals surface area contributed by atoms with Crippen LogP contribution >= 0.6 is 11.6 Å². The summed E-state index contributed by atoms with van der Waals surface area (Å²) in [6.07, 6.45) is 3.92. The number of hydrogen-bond acceptors (Lipinski definition) is 4. The van der Waals surface area contributed by atoms with Gasteiger partial charge in [-0.15, -0.1) is 0 Å². The molecule has 0 bridgehead atoms. The van der Waals surface area contributed by atoms with Gasteiger partial charge in [0, 0.05) is 29.4 Å². The minimum absolute atomic E-state index is 0.152. The van der Waals surface area contributed by atoms with Crippen molar-refractivity contribution in [2.24, 2.45) is 5.41 Å². The minimum Gasteiger partial charge on any atom is -0.350 e. The Hall–Kier alpha value is -2.67. The van der Waals surface area contributed by atoms with Crippen LogP contribution in [0.4, 0.5) is 0 Å². The Morgan fingerprint density at radius 3 is 2.42 bits per heavy atom. The topological polar surface area (TPSA) is 61.5 Å². The molecular formula is C31H39ClN4O2. The molecule has 2 aromatic carbocycles. The molecule has 0 saturated carbocycles. The van der Waals surface area contributed by atoms with Gasteiger partial charge in [-0.05, 0) is 68.1 Å². The number of H-pyrrole nitrogens is 1. The van der Waals surface area contributed by atoms with E-state index in [1.165, 1.54) is 5.56 Å². The lowest BCUT2D eigenvalue weighted by atomic mass is 9.84. The van der Waals surface area contributed by atoms with Crippen molar-refractivity contribution < 1.29 is 9.53 Å². The summed E-state index contributed by atoms with van der Waals surface area (Å²) in [5, 5.41) is 8.59. The van der Waals surface area contributed by atoms with Crippen LogP contribution in [0.25, 0.3) is 11.3 Å². The summed E-state index contributed by atoms with van der Waals surface area (Å²) >= 11 is 6.04. The maximum absolute atomic E-state index is 12.8. The van der Waals surface area contributed by atoms with Crippen molar-refractivity contribution in [2.45, 2.75) is 58.0 Å². The van der Waals surface area contributed by atoms with E-state index < -0.39 is 5.41 Å². The lowest BCUT2D eigenvalue weighted by molar-refractivity contribution is -0.175. The van der Waals surface area contributed by atoms with E-state index in [1.807, 2.05) is 56.0 Å². The van der Waals surface area contributed by atoms with Crippen LogP contribution in [-0.2, 0) is 15.1 Å². The monoisotopic (exact) mass is 534 g/mol. The van der Waals surface area contributed by atoms with E-state index in [4.69, 9.17) is 16.3 Å². The molecule has 0 radical (unpaired) electrons. The van der Waals surface area contributed by atoms with Crippen molar-refractivity contribution >= 4 is 17.5 Å². The highest BCUT2D eigenvalue weighted by Crippen LogP contribution is 2.38. The molecule has 2 fully saturated rings. The largest absolute Gasteiger partial charge is 0.350 e. The summed E-state index contributed by atoms with van der Waals surface area (Å²) < 4.78 is 6.57. The molecular weight excluding hydrogens is 496 g/mol. The molecule has 2 aliphatic heterocycles. The number of hydrogen-bond donors (Lipinski definition) is 1. The number of nitrogens with zero attached hydrogens (tertiary/aromatic N) is 3. The second-order valence-corrected chi connectivity index (χ2v) is 12.2. The first kappa shape index (κ1) is 26.9. The molecule has 38 heavy (non-hydrogen) atoms. The fourth-order valence-electron chi connectivity index (χ4n) is 5.71. The van der Waals surface area contributed by atoms with Gasteiger partial charge in [0.05, 0.1) is 17.0 Å². The molecule has 3 heterocycles. The highest BCUT2D eigenvalue weighted by Gasteiger charge is 2.40. The molecule has 1 unspecified atom stereocenters. The number of likely N-dealkylation sites (tertiary alicyclic amines) is 1. The van der Waals surface area contributed by atoms with Crippen LogP contribution in [0.15, 0.2) is 60.7 Å². The molecule has 6 nitrogen and oxygen atoms in total. The van der Waals surface area contributed by atoms with E-state index >= 15 is 0 Å². The summed E-state index contributed by atoms with van der Waals surface area (Å²) in [5.74, 6) is 0.619. The number of halogens is 1. The number of nitrogens with one attached hydrogen (secondary N) is 1. The summed E-state index contributed by atoms with van der Waals surface area (Å²) in [6, 6.07) is 20.6. The van der Waals surface area contributed by atoms with E-state index in [0.29, 0.717) is 12.6 Å². The Morgan fingerprint density at radius 1 is 1.08 bits per heavy atom. The highest BCUT2D eigenvalue weighted by atomic mass is 35.5. The van der Waals surface area contributed by atoms with Gasteiger partial charge in [0.1, 0.15) is 6.73 Å². The van der Waals surface area contributed by atoms with Gasteiger partial charge in [-0.1, -0.05) is 74.8 Å².